The van der Waals surface area contributed by atoms with Gasteiger partial charge in [0.25, 0.3) is 0 Å². The molecule has 6 nitrogen and oxygen atoms in total. The third-order valence-corrected chi connectivity index (χ3v) is 7.23. The summed E-state index contributed by atoms with van der Waals surface area (Å²) in [5, 5.41) is 8.28. The summed E-state index contributed by atoms with van der Waals surface area (Å²) in [6.07, 6.45) is 3.87. The Morgan fingerprint density at radius 2 is 1.54 bits per heavy atom. The van der Waals surface area contributed by atoms with Crippen LogP contribution in [0.5, 0.6) is 11.5 Å². The first-order valence-corrected chi connectivity index (χ1v) is 13.9. The van der Waals surface area contributed by atoms with Gasteiger partial charge in [-0.15, -0.1) is 0 Å². The number of nitrogens with one attached hydrogen (secondary N) is 2. The van der Waals surface area contributed by atoms with Crippen molar-refractivity contribution in [3.05, 3.63) is 101 Å². The van der Waals surface area contributed by atoms with Gasteiger partial charge >= 0.3 is 6.03 Å². The van der Waals surface area contributed by atoms with Crippen LogP contribution in [-0.2, 0) is 13.2 Å². The fraction of sp³-hybridized carbons (Fsp3) is 0.281. The van der Waals surface area contributed by atoms with Crippen LogP contribution in [0.4, 0.5) is 10.5 Å². The molecule has 2 amide bonds. The highest BCUT2D eigenvalue weighted by molar-refractivity contribution is 6.32. The lowest BCUT2D eigenvalue weighted by Crippen LogP contribution is -2.33. The molecule has 1 heterocycles. The predicted molar refractivity (Wildman–Crippen MR) is 158 cm³/mol. The highest BCUT2D eigenvalue weighted by atomic mass is 35.5. The van der Waals surface area contributed by atoms with E-state index in [1.54, 1.807) is 0 Å². The molecule has 0 unspecified atom stereocenters. The first-order valence-electron chi connectivity index (χ1n) is 13.5. The Hall–Kier alpha value is -3.74. The molecule has 2 N–H and O–H groups in total. The number of hydrogen-bond donors (Lipinski definition) is 2. The number of carbonyl (C=O) groups is 1. The molecule has 1 aliphatic rings. The molecule has 5 rings (SSSR count). The molecule has 0 saturated carbocycles. The van der Waals surface area contributed by atoms with Gasteiger partial charge in [-0.2, -0.15) is 0 Å². The summed E-state index contributed by atoms with van der Waals surface area (Å²) in [4.78, 5) is 15.0. The molecular weight excluding hydrogens is 510 g/mol. The first-order chi connectivity index (χ1) is 19.2. The van der Waals surface area contributed by atoms with Crippen molar-refractivity contribution < 1.29 is 14.3 Å². The number of carbonyl (C=O) groups excluding carboxylic acids is 1. The average molecular weight is 544 g/mol. The number of rotatable bonds is 10. The summed E-state index contributed by atoms with van der Waals surface area (Å²) in [5.41, 5.74) is 2.71. The van der Waals surface area contributed by atoms with E-state index in [0.29, 0.717) is 30.5 Å². The van der Waals surface area contributed by atoms with Gasteiger partial charge in [-0.3, -0.25) is 4.90 Å². The second kappa shape index (κ2) is 13.4. The molecule has 1 aliphatic heterocycles. The first kappa shape index (κ1) is 26.9. The maximum absolute atomic E-state index is 12.6. The topological polar surface area (TPSA) is 62.8 Å². The molecule has 0 aromatic heterocycles. The number of likely N-dealkylation sites (tertiary alicyclic amines) is 1. The van der Waals surface area contributed by atoms with Crippen molar-refractivity contribution in [1.82, 2.24) is 10.2 Å². The second-order valence-corrected chi connectivity index (χ2v) is 10.2. The summed E-state index contributed by atoms with van der Waals surface area (Å²) in [6.45, 7) is 4.68. The molecule has 0 atom stereocenters. The van der Waals surface area contributed by atoms with Crippen LogP contribution in [0.2, 0.25) is 5.02 Å². The second-order valence-electron chi connectivity index (χ2n) is 9.75. The standard InChI is InChI=1S/C32H34ClN3O3/c33-28-21-25(13-15-31(28)38-20-19-36-17-7-2-8-18-36)23-39-30-16-14-29(26-11-5-6-12-27(26)30)35-32(37)34-22-24-9-3-1-4-10-24/h1,3-6,9-16,21H,2,7-8,17-20,22-23H2,(H2,34,35,37). The molecule has 0 radical (unpaired) electrons. The summed E-state index contributed by atoms with van der Waals surface area (Å²) in [5.74, 6) is 1.43. The van der Waals surface area contributed by atoms with Crippen LogP contribution >= 0.6 is 11.6 Å². The van der Waals surface area contributed by atoms with E-state index in [1.165, 1.54) is 19.3 Å². The Kier molecular flexibility index (Phi) is 9.20. The number of nitrogens with zero attached hydrogens (tertiary/aromatic N) is 1. The number of fused-ring (bicyclic) bond motifs is 1. The normalized spacial score (nSPS) is 13.7. The van der Waals surface area contributed by atoms with Gasteiger partial charge in [-0.05, 0) is 61.3 Å². The van der Waals surface area contributed by atoms with Gasteiger partial charge in [-0.25, -0.2) is 4.79 Å². The number of anilines is 1. The third-order valence-electron chi connectivity index (χ3n) is 6.93. The Balaban J connectivity index is 1.18. The molecule has 202 valence electrons. The lowest BCUT2D eigenvalue weighted by atomic mass is 10.1. The minimum atomic E-state index is -0.259. The lowest BCUT2D eigenvalue weighted by molar-refractivity contribution is 0.183. The Labute approximate surface area is 234 Å². The molecule has 0 spiro atoms. The van der Waals surface area contributed by atoms with Crippen LogP contribution in [0.3, 0.4) is 0 Å². The van der Waals surface area contributed by atoms with E-state index in [0.717, 1.165) is 53.0 Å². The average Bonchev–Trinajstić information content (AvgIpc) is 2.98. The molecular formula is C32H34ClN3O3. The van der Waals surface area contributed by atoms with Crippen molar-refractivity contribution in [3.8, 4) is 11.5 Å². The minimum Gasteiger partial charge on any atom is -0.491 e. The molecule has 39 heavy (non-hydrogen) atoms. The summed E-state index contributed by atoms with van der Waals surface area (Å²) < 4.78 is 12.1. The molecule has 7 heteroatoms. The van der Waals surface area contributed by atoms with Gasteiger partial charge in [0.15, 0.2) is 0 Å². The third kappa shape index (κ3) is 7.43. The molecule has 4 aromatic rings. The lowest BCUT2D eigenvalue weighted by Gasteiger charge is -2.26. The van der Waals surface area contributed by atoms with Gasteiger partial charge < -0.3 is 20.1 Å². The number of halogens is 1. The van der Waals surface area contributed by atoms with E-state index in [4.69, 9.17) is 21.1 Å². The maximum Gasteiger partial charge on any atom is 0.319 e. The van der Waals surface area contributed by atoms with E-state index < -0.39 is 0 Å². The maximum atomic E-state index is 12.6. The smallest absolute Gasteiger partial charge is 0.319 e. The van der Waals surface area contributed by atoms with Gasteiger partial charge in [0.05, 0.1) is 10.7 Å². The number of piperidine rings is 1. The zero-order valence-electron chi connectivity index (χ0n) is 22.0. The quantitative estimate of drug-likeness (QED) is 0.221. The van der Waals surface area contributed by atoms with E-state index in [9.17, 15) is 4.79 Å². The van der Waals surface area contributed by atoms with Gasteiger partial charge in [-0.1, -0.05) is 78.7 Å². The fourth-order valence-corrected chi connectivity index (χ4v) is 5.09. The van der Waals surface area contributed by atoms with Gasteiger partial charge in [0.2, 0.25) is 0 Å². The summed E-state index contributed by atoms with van der Waals surface area (Å²) >= 11 is 6.52. The SMILES string of the molecule is O=C(NCc1ccccc1)Nc1ccc(OCc2ccc(OCCN3CCCCC3)c(Cl)c2)c2ccccc12. The Morgan fingerprint density at radius 3 is 2.33 bits per heavy atom. The van der Waals surface area contributed by atoms with Crippen LogP contribution in [0.1, 0.15) is 30.4 Å². The number of ether oxygens (including phenoxy) is 2. The minimum absolute atomic E-state index is 0.259. The fourth-order valence-electron chi connectivity index (χ4n) is 4.83. The zero-order chi connectivity index (χ0) is 26.9. The van der Waals surface area contributed by atoms with Crippen molar-refractivity contribution >= 4 is 34.1 Å². The van der Waals surface area contributed by atoms with Crippen LogP contribution in [0.25, 0.3) is 10.8 Å². The highest BCUT2D eigenvalue weighted by Crippen LogP contribution is 2.33. The van der Waals surface area contributed by atoms with E-state index in [1.807, 2.05) is 84.9 Å². The number of urea groups is 1. The molecule has 0 bridgehead atoms. The number of amides is 2. The number of benzene rings is 4. The molecule has 0 aliphatic carbocycles. The Morgan fingerprint density at radius 1 is 0.795 bits per heavy atom. The summed E-state index contributed by atoms with van der Waals surface area (Å²) in [7, 11) is 0. The monoisotopic (exact) mass is 543 g/mol. The van der Waals surface area contributed by atoms with Crippen molar-refractivity contribution in [2.24, 2.45) is 0 Å². The zero-order valence-corrected chi connectivity index (χ0v) is 22.8. The predicted octanol–water partition coefficient (Wildman–Crippen LogP) is 7.26. The number of hydrogen-bond acceptors (Lipinski definition) is 4. The van der Waals surface area contributed by atoms with Crippen molar-refractivity contribution in [3.63, 3.8) is 0 Å². The molecule has 1 saturated heterocycles. The van der Waals surface area contributed by atoms with Crippen molar-refractivity contribution in [2.45, 2.75) is 32.4 Å². The van der Waals surface area contributed by atoms with Crippen LogP contribution < -0.4 is 20.1 Å². The summed E-state index contributed by atoms with van der Waals surface area (Å²) in [6, 6.07) is 27.0. The van der Waals surface area contributed by atoms with Crippen molar-refractivity contribution in [2.75, 3.05) is 31.6 Å². The molecule has 1 fully saturated rings. The van der Waals surface area contributed by atoms with Crippen molar-refractivity contribution in [1.29, 1.82) is 0 Å². The van der Waals surface area contributed by atoms with E-state index in [-0.39, 0.29) is 6.03 Å². The van der Waals surface area contributed by atoms with Crippen LogP contribution in [-0.4, -0.2) is 37.2 Å². The van der Waals surface area contributed by atoms with E-state index >= 15 is 0 Å². The van der Waals surface area contributed by atoms with E-state index in [2.05, 4.69) is 15.5 Å². The Bertz CT molecular complexity index is 1390. The van der Waals surface area contributed by atoms with Gasteiger partial charge in [0.1, 0.15) is 24.7 Å². The van der Waals surface area contributed by atoms with Crippen LogP contribution in [0, 0.1) is 0 Å². The highest BCUT2D eigenvalue weighted by Gasteiger charge is 2.12. The largest absolute Gasteiger partial charge is 0.491 e. The van der Waals surface area contributed by atoms with Gasteiger partial charge in [0, 0.05) is 23.9 Å². The molecule has 4 aromatic carbocycles. The van der Waals surface area contributed by atoms with Crippen LogP contribution in [0.15, 0.2) is 84.9 Å².